The summed E-state index contributed by atoms with van der Waals surface area (Å²) in [6.07, 6.45) is 1.90. The number of hydrogen-bond donors (Lipinski definition) is 2. The Morgan fingerprint density at radius 3 is 2.58 bits per heavy atom. The third-order valence-corrected chi connectivity index (χ3v) is 3.99. The highest BCUT2D eigenvalue weighted by molar-refractivity contribution is 7.09. The monoisotopic (exact) mass is 276 g/mol. The molecule has 0 radical (unpaired) electrons. The molecule has 0 fully saturated rings. The molecule has 3 nitrogen and oxygen atoms in total. The van der Waals surface area contributed by atoms with Crippen LogP contribution in [0.5, 0.6) is 5.75 Å². The van der Waals surface area contributed by atoms with Crippen molar-refractivity contribution < 1.29 is 5.11 Å². The van der Waals surface area contributed by atoms with Gasteiger partial charge >= 0.3 is 0 Å². The molecule has 2 N–H and O–H groups in total. The van der Waals surface area contributed by atoms with Crippen LogP contribution >= 0.6 is 11.3 Å². The van der Waals surface area contributed by atoms with Crippen molar-refractivity contribution in [2.24, 2.45) is 0 Å². The number of thiazole rings is 1. The van der Waals surface area contributed by atoms with Crippen LogP contribution in [0.1, 0.15) is 23.2 Å². The molecular formula is C15H20N2OS. The van der Waals surface area contributed by atoms with E-state index in [1.807, 2.05) is 19.1 Å². The van der Waals surface area contributed by atoms with Gasteiger partial charge in [-0.2, -0.15) is 0 Å². The van der Waals surface area contributed by atoms with Crippen molar-refractivity contribution in [3.05, 3.63) is 45.9 Å². The first kappa shape index (κ1) is 14.0. The summed E-state index contributed by atoms with van der Waals surface area (Å²) in [6, 6.07) is 7.83. The Labute approximate surface area is 118 Å². The molecule has 1 aromatic heterocycles. The van der Waals surface area contributed by atoms with E-state index >= 15 is 0 Å². The van der Waals surface area contributed by atoms with E-state index in [0.717, 1.165) is 25.1 Å². The summed E-state index contributed by atoms with van der Waals surface area (Å²) in [7, 11) is 0. The number of benzene rings is 1. The average Bonchev–Trinajstić information content (AvgIpc) is 2.78. The molecule has 1 unspecified atom stereocenters. The first-order chi connectivity index (χ1) is 9.17. The lowest BCUT2D eigenvalue weighted by atomic mass is 10.0. The van der Waals surface area contributed by atoms with E-state index < -0.39 is 0 Å². The Morgan fingerprint density at radius 1 is 1.26 bits per heavy atom. The van der Waals surface area contributed by atoms with Crippen LogP contribution in [0.15, 0.2) is 29.6 Å². The minimum Gasteiger partial charge on any atom is -0.508 e. The zero-order valence-electron chi connectivity index (χ0n) is 11.4. The van der Waals surface area contributed by atoms with Gasteiger partial charge in [0.15, 0.2) is 0 Å². The third-order valence-electron chi connectivity index (χ3n) is 3.00. The van der Waals surface area contributed by atoms with Crippen molar-refractivity contribution in [2.45, 2.75) is 32.7 Å². The van der Waals surface area contributed by atoms with Gasteiger partial charge < -0.3 is 10.4 Å². The fourth-order valence-electron chi connectivity index (χ4n) is 2.13. The molecule has 0 aliphatic carbocycles. The second-order valence-electron chi connectivity index (χ2n) is 4.71. The number of aromatic hydroxyl groups is 1. The van der Waals surface area contributed by atoms with Crippen molar-refractivity contribution in [1.29, 1.82) is 0 Å². The standard InChI is InChI=1S/C15H20N2OS/c1-3-16-13(9-15-17-11(2)10-19-15)8-12-4-6-14(18)7-5-12/h4-7,10,13,16,18H,3,8-9H2,1-2H3. The molecule has 1 aromatic carbocycles. The Morgan fingerprint density at radius 2 is 2.00 bits per heavy atom. The van der Waals surface area contributed by atoms with Gasteiger partial charge in [-0.3, -0.25) is 0 Å². The van der Waals surface area contributed by atoms with Gasteiger partial charge in [0.05, 0.1) is 5.01 Å². The van der Waals surface area contributed by atoms with E-state index in [-0.39, 0.29) is 0 Å². The number of nitrogens with one attached hydrogen (secondary N) is 1. The number of aromatic nitrogens is 1. The van der Waals surface area contributed by atoms with Crippen LogP contribution in [0.2, 0.25) is 0 Å². The van der Waals surface area contributed by atoms with E-state index in [1.165, 1.54) is 10.6 Å². The van der Waals surface area contributed by atoms with Crippen LogP contribution in [-0.2, 0) is 12.8 Å². The van der Waals surface area contributed by atoms with Crippen molar-refractivity contribution in [3.63, 3.8) is 0 Å². The van der Waals surface area contributed by atoms with E-state index in [0.29, 0.717) is 11.8 Å². The Hall–Kier alpha value is -1.39. The average molecular weight is 276 g/mol. The number of likely N-dealkylation sites (N-methyl/N-ethyl adjacent to an activating group) is 1. The SMILES string of the molecule is CCNC(Cc1ccc(O)cc1)Cc1nc(C)cs1. The largest absolute Gasteiger partial charge is 0.508 e. The maximum absolute atomic E-state index is 9.31. The van der Waals surface area contributed by atoms with Gasteiger partial charge in [-0.1, -0.05) is 19.1 Å². The predicted molar refractivity (Wildman–Crippen MR) is 79.8 cm³/mol. The molecule has 2 aromatic rings. The smallest absolute Gasteiger partial charge is 0.115 e. The minimum absolute atomic E-state index is 0.319. The number of rotatable bonds is 6. The lowest BCUT2D eigenvalue weighted by Crippen LogP contribution is -2.33. The second-order valence-corrected chi connectivity index (χ2v) is 5.65. The number of hydrogen-bond acceptors (Lipinski definition) is 4. The molecule has 0 saturated heterocycles. The highest BCUT2D eigenvalue weighted by Gasteiger charge is 2.11. The van der Waals surface area contributed by atoms with Crippen LogP contribution < -0.4 is 5.32 Å². The van der Waals surface area contributed by atoms with Crippen LogP contribution in [0.3, 0.4) is 0 Å². The molecule has 0 aliphatic rings. The van der Waals surface area contributed by atoms with Crippen molar-refractivity contribution in [2.75, 3.05) is 6.54 Å². The number of phenolic OH excluding ortho intramolecular Hbond substituents is 1. The highest BCUT2D eigenvalue weighted by Crippen LogP contribution is 2.15. The van der Waals surface area contributed by atoms with E-state index in [9.17, 15) is 5.11 Å². The molecule has 0 bridgehead atoms. The van der Waals surface area contributed by atoms with Crippen LogP contribution in [-0.4, -0.2) is 22.7 Å². The maximum atomic E-state index is 9.31. The van der Waals surface area contributed by atoms with Gasteiger partial charge in [-0.05, 0) is 37.6 Å². The number of aryl methyl sites for hydroxylation is 1. The fraction of sp³-hybridized carbons (Fsp3) is 0.400. The van der Waals surface area contributed by atoms with Crippen LogP contribution in [0.25, 0.3) is 0 Å². The quantitative estimate of drug-likeness (QED) is 0.852. The van der Waals surface area contributed by atoms with Crippen molar-refractivity contribution in [3.8, 4) is 5.75 Å². The molecule has 1 atom stereocenters. The molecule has 0 amide bonds. The van der Waals surface area contributed by atoms with Crippen LogP contribution in [0, 0.1) is 6.92 Å². The third kappa shape index (κ3) is 4.33. The van der Waals surface area contributed by atoms with Gasteiger partial charge in [-0.15, -0.1) is 11.3 Å². The zero-order chi connectivity index (χ0) is 13.7. The van der Waals surface area contributed by atoms with E-state index in [2.05, 4.69) is 22.6 Å². The highest BCUT2D eigenvalue weighted by atomic mass is 32.1. The molecule has 4 heteroatoms. The summed E-state index contributed by atoms with van der Waals surface area (Å²) in [5, 5.41) is 16.1. The number of phenols is 1. The summed E-state index contributed by atoms with van der Waals surface area (Å²) in [4.78, 5) is 4.53. The molecule has 0 saturated carbocycles. The fourth-order valence-corrected chi connectivity index (χ4v) is 2.98. The summed E-state index contributed by atoms with van der Waals surface area (Å²) in [5.74, 6) is 0.319. The van der Waals surface area contributed by atoms with E-state index in [4.69, 9.17) is 0 Å². The zero-order valence-corrected chi connectivity index (χ0v) is 12.2. The summed E-state index contributed by atoms with van der Waals surface area (Å²) in [5.41, 5.74) is 2.33. The Bertz CT molecular complexity index is 507. The molecule has 19 heavy (non-hydrogen) atoms. The van der Waals surface area contributed by atoms with Gasteiger partial charge in [0.1, 0.15) is 5.75 Å². The normalized spacial score (nSPS) is 12.5. The van der Waals surface area contributed by atoms with Crippen molar-refractivity contribution >= 4 is 11.3 Å². The Balaban J connectivity index is 2.01. The summed E-state index contributed by atoms with van der Waals surface area (Å²) >= 11 is 1.73. The molecular weight excluding hydrogens is 256 g/mol. The first-order valence-electron chi connectivity index (χ1n) is 6.59. The van der Waals surface area contributed by atoms with Gasteiger partial charge in [-0.25, -0.2) is 4.98 Å². The number of nitrogens with zero attached hydrogens (tertiary/aromatic N) is 1. The molecule has 1 heterocycles. The first-order valence-corrected chi connectivity index (χ1v) is 7.47. The molecule has 0 spiro atoms. The minimum atomic E-state index is 0.319. The maximum Gasteiger partial charge on any atom is 0.115 e. The van der Waals surface area contributed by atoms with Crippen LogP contribution in [0.4, 0.5) is 0 Å². The predicted octanol–water partition coefficient (Wildman–Crippen LogP) is 2.92. The summed E-state index contributed by atoms with van der Waals surface area (Å²) in [6.45, 7) is 5.10. The Kier molecular flexibility index (Phi) is 4.93. The van der Waals surface area contributed by atoms with Gasteiger partial charge in [0.25, 0.3) is 0 Å². The lowest BCUT2D eigenvalue weighted by molar-refractivity contribution is 0.474. The summed E-state index contributed by atoms with van der Waals surface area (Å²) < 4.78 is 0. The van der Waals surface area contributed by atoms with Crippen molar-refractivity contribution in [1.82, 2.24) is 10.3 Å². The van der Waals surface area contributed by atoms with Gasteiger partial charge in [0, 0.05) is 23.5 Å². The second kappa shape index (κ2) is 6.68. The molecule has 0 aliphatic heterocycles. The lowest BCUT2D eigenvalue weighted by Gasteiger charge is -2.16. The topological polar surface area (TPSA) is 45.1 Å². The molecule has 102 valence electrons. The van der Waals surface area contributed by atoms with Gasteiger partial charge in [0.2, 0.25) is 0 Å². The van der Waals surface area contributed by atoms with E-state index in [1.54, 1.807) is 23.5 Å². The molecule has 2 rings (SSSR count).